The van der Waals surface area contributed by atoms with Gasteiger partial charge in [0.2, 0.25) is 5.91 Å². The molecule has 0 aromatic rings. The third-order valence-corrected chi connectivity index (χ3v) is 1.55. The topological polar surface area (TPSA) is 41.5 Å². The third-order valence-electron chi connectivity index (χ3n) is 1.55. The molecule has 2 atom stereocenters. The van der Waals surface area contributed by atoms with Gasteiger partial charge in [0.1, 0.15) is 0 Å². The summed E-state index contributed by atoms with van der Waals surface area (Å²) in [5, 5.41) is 12.4. The van der Waals surface area contributed by atoms with E-state index in [1.54, 1.807) is 6.92 Å². The molecule has 0 saturated carbocycles. The average molecular weight is 161 g/mol. The molecule has 0 aromatic carbocycles. The van der Waals surface area contributed by atoms with Gasteiger partial charge >= 0.3 is 0 Å². The molecular weight excluding hydrogens is 142 g/mol. The number of aliphatic hydroxyl groups is 1. The molecule has 0 heterocycles. The molecule has 0 radical (unpaired) electrons. The van der Waals surface area contributed by atoms with Crippen molar-refractivity contribution in [3.8, 4) is 0 Å². The van der Waals surface area contributed by atoms with E-state index >= 15 is 0 Å². The Kier molecular flexibility index (Phi) is 4.65. The minimum Gasteiger partial charge on any atom is -0.353 e. The van der Waals surface area contributed by atoms with E-state index < -0.39 is 5.91 Å². The van der Waals surface area contributed by atoms with Gasteiger partial charge in [0.25, 0.3) is 0 Å². The van der Waals surface area contributed by atoms with Gasteiger partial charge in [-0.1, -0.05) is 6.92 Å². The number of nitrogens with one attached hydrogen (secondary N) is 1. The molecule has 0 aliphatic heterocycles. The summed E-state index contributed by atoms with van der Waals surface area (Å²) in [5.74, 6) is -1.18. The Balaban J connectivity index is 3.70. The number of hydrogen-bond donors (Lipinski definition) is 2. The number of rotatable bonds is 5. The van der Waals surface area contributed by atoms with Crippen LogP contribution in [-0.4, -0.2) is 23.7 Å². The molecule has 0 aromatic heterocycles. The van der Waals surface area contributed by atoms with Gasteiger partial charge in [-0.25, -0.2) is 0 Å². The Morgan fingerprint density at radius 1 is 1.55 bits per heavy atom. The third kappa shape index (κ3) is 5.18. The molecule has 11 heavy (non-hydrogen) atoms. The first kappa shape index (κ1) is 10.9. The predicted octanol–water partition coefficient (Wildman–Crippen LogP) is 1.08. The van der Waals surface area contributed by atoms with Crippen molar-refractivity contribution >= 4 is 0 Å². The van der Waals surface area contributed by atoms with Crippen molar-refractivity contribution in [2.24, 2.45) is 0 Å². The summed E-state index contributed by atoms with van der Waals surface area (Å²) >= 11 is 0. The Labute approximate surface area is 68.8 Å². The van der Waals surface area contributed by atoms with Crippen LogP contribution in [0.25, 0.3) is 0 Å². The zero-order valence-electron chi connectivity index (χ0n) is 7.85. The summed E-state index contributed by atoms with van der Waals surface area (Å²) in [7, 11) is 0. The second kappa shape index (κ2) is 4.70. The predicted molar refractivity (Wildman–Crippen MR) is 45.1 cm³/mol. The van der Waals surface area contributed by atoms with Crippen LogP contribution >= 0.6 is 0 Å². The number of ether oxygens (including phenoxy) is 1. The first-order chi connectivity index (χ1) is 5.02. The van der Waals surface area contributed by atoms with Crippen molar-refractivity contribution in [1.29, 1.82) is 0 Å². The molecule has 0 amide bonds. The molecule has 0 rings (SSSR count). The lowest BCUT2D eigenvalue weighted by Crippen LogP contribution is -2.48. The lowest BCUT2D eigenvalue weighted by Gasteiger charge is -2.27. The van der Waals surface area contributed by atoms with Crippen molar-refractivity contribution in [1.82, 2.24) is 5.32 Å². The van der Waals surface area contributed by atoms with Crippen LogP contribution in [0, 0.1) is 0 Å². The van der Waals surface area contributed by atoms with Gasteiger partial charge in [0.05, 0.1) is 0 Å². The van der Waals surface area contributed by atoms with Crippen molar-refractivity contribution in [3.05, 3.63) is 0 Å². The SMILES string of the molecule is CCOC(C)(O)NC(C)CC. The van der Waals surface area contributed by atoms with Crippen molar-refractivity contribution in [3.63, 3.8) is 0 Å². The highest BCUT2D eigenvalue weighted by Gasteiger charge is 2.20. The molecule has 0 saturated heterocycles. The van der Waals surface area contributed by atoms with Crippen molar-refractivity contribution < 1.29 is 9.84 Å². The Hall–Kier alpha value is -0.120. The first-order valence-corrected chi connectivity index (χ1v) is 4.15. The summed E-state index contributed by atoms with van der Waals surface area (Å²) in [5.41, 5.74) is 0. The smallest absolute Gasteiger partial charge is 0.222 e. The number of hydrogen-bond acceptors (Lipinski definition) is 3. The quantitative estimate of drug-likeness (QED) is 0.593. The van der Waals surface area contributed by atoms with E-state index in [0.717, 1.165) is 6.42 Å². The first-order valence-electron chi connectivity index (χ1n) is 4.15. The second-order valence-corrected chi connectivity index (χ2v) is 2.87. The van der Waals surface area contributed by atoms with E-state index in [1.807, 2.05) is 13.8 Å². The highest BCUT2D eigenvalue weighted by Crippen LogP contribution is 2.03. The summed E-state index contributed by atoms with van der Waals surface area (Å²) in [4.78, 5) is 0. The molecule has 3 nitrogen and oxygen atoms in total. The zero-order chi connectivity index (χ0) is 8.91. The molecule has 0 spiro atoms. The second-order valence-electron chi connectivity index (χ2n) is 2.87. The largest absolute Gasteiger partial charge is 0.353 e. The summed E-state index contributed by atoms with van der Waals surface area (Å²) in [6.45, 7) is 8.04. The maximum Gasteiger partial charge on any atom is 0.222 e. The monoisotopic (exact) mass is 161 g/mol. The van der Waals surface area contributed by atoms with Crippen LogP contribution < -0.4 is 5.32 Å². The normalized spacial score (nSPS) is 19.4. The highest BCUT2D eigenvalue weighted by atomic mass is 16.6. The molecule has 0 bridgehead atoms. The molecule has 0 fully saturated rings. The van der Waals surface area contributed by atoms with E-state index in [0.29, 0.717) is 6.61 Å². The molecule has 3 heteroatoms. The van der Waals surface area contributed by atoms with Crippen LogP contribution in [0.2, 0.25) is 0 Å². The van der Waals surface area contributed by atoms with Crippen LogP contribution in [0.15, 0.2) is 0 Å². The van der Waals surface area contributed by atoms with E-state index in [4.69, 9.17) is 4.74 Å². The van der Waals surface area contributed by atoms with Crippen LogP contribution in [0.3, 0.4) is 0 Å². The lowest BCUT2D eigenvalue weighted by atomic mass is 10.2. The Morgan fingerprint density at radius 3 is 2.45 bits per heavy atom. The van der Waals surface area contributed by atoms with Gasteiger partial charge < -0.3 is 9.84 Å². The Bertz CT molecular complexity index is 104. The fraction of sp³-hybridized carbons (Fsp3) is 1.00. The van der Waals surface area contributed by atoms with Crippen molar-refractivity contribution in [2.45, 2.75) is 46.1 Å². The Morgan fingerprint density at radius 2 is 2.09 bits per heavy atom. The summed E-state index contributed by atoms with van der Waals surface area (Å²) in [6.07, 6.45) is 0.975. The minimum atomic E-state index is -1.18. The standard InChI is InChI=1S/C8H19NO2/c1-5-7(3)9-8(4,10)11-6-2/h7,9-10H,5-6H2,1-4H3. The molecule has 2 N–H and O–H groups in total. The van der Waals surface area contributed by atoms with Crippen LogP contribution in [-0.2, 0) is 4.74 Å². The van der Waals surface area contributed by atoms with Crippen molar-refractivity contribution in [2.75, 3.05) is 6.61 Å². The van der Waals surface area contributed by atoms with Gasteiger partial charge in [-0.15, -0.1) is 0 Å². The molecule has 2 unspecified atom stereocenters. The van der Waals surface area contributed by atoms with Crippen LogP contribution in [0.1, 0.15) is 34.1 Å². The highest BCUT2D eigenvalue weighted by molar-refractivity contribution is 4.63. The van der Waals surface area contributed by atoms with Gasteiger partial charge in [0.15, 0.2) is 0 Å². The van der Waals surface area contributed by atoms with Gasteiger partial charge in [0, 0.05) is 19.6 Å². The summed E-state index contributed by atoms with van der Waals surface area (Å²) in [6, 6.07) is 0.275. The van der Waals surface area contributed by atoms with Crippen LogP contribution in [0.5, 0.6) is 0 Å². The average Bonchev–Trinajstić information content (AvgIpc) is 1.86. The molecular formula is C8H19NO2. The van der Waals surface area contributed by atoms with E-state index in [9.17, 15) is 5.11 Å². The molecule has 0 aliphatic rings. The molecule has 0 aliphatic carbocycles. The molecule has 68 valence electrons. The summed E-state index contributed by atoms with van der Waals surface area (Å²) < 4.78 is 5.05. The van der Waals surface area contributed by atoms with Gasteiger partial charge in [-0.3, -0.25) is 5.32 Å². The fourth-order valence-corrected chi connectivity index (χ4v) is 0.882. The zero-order valence-corrected chi connectivity index (χ0v) is 7.85. The minimum absolute atomic E-state index is 0.275. The maximum absolute atomic E-state index is 9.48. The maximum atomic E-state index is 9.48. The van der Waals surface area contributed by atoms with Gasteiger partial charge in [-0.05, 0) is 20.3 Å². The van der Waals surface area contributed by atoms with Gasteiger partial charge in [-0.2, -0.15) is 0 Å². The van der Waals surface area contributed by atoms with Crippen LogP contribution in [0.4, 0.5) is 0 Å². The van der Waals surface area contributed by atoms with E-state index in [2.05, 4.69) is 12.2 Å². The lowest BCUT2D eigenvalue weighted by molar-refractivity contribution is -0.213. The van der Waals surface area contributed by atoms with E-state index in [1.165, 1.54) is 0 Å². The fourth-order valence-electron chi connectivity index (χ4n) is 0.882. The van der Waals surface area contributed by atoms with E-state index in [-0.39, 0.29) is 6.04 Å².